The maximum absolute atomic E-state index is 6.21. The second kappa shape index (κ2) is 6.22. The van der Waals surface area contributed by atoms with Gasteiger partial charge in [0.25, 0.3) is 0 Å². The number of nitrogens with two attached hydrogens (primary N) is 1. The minimum atomic E-state index is 0.324. The van der Waals surface area contributed by atoms with Crippen molar-refractivity contribution in [3.8, 4) is 0 Å². The molecule has 0 aliphatic rings. The summed E-state index contributed by atoms with van der Waals surface area (Å²) in [7, 11) is 0. The van der Waals surface area contributed by atoms with Crippen molar-refractivity contribution in [3.05, 3.63) is 53.1 Å². The molecule has 0 spiro atoms. The average Bonchev–Trinajstić information content (AvgIpc) is 2.81. The monoisotopic (exact) mass is 277 g/mol. The average molecular weight is 278 g/mol. The Balaban J connectivity index is 2.27. The van der Waals surface area contributed by atoms with Crippen LogP contribution in [0, 0.1) is 5.92 Å². The Kier molecular flexibility index (Phi) is 4.61. The molecule has 2 N–H and O–H groups in total. The van der Waals surface area contributed by atoms with Crippen LogP contribution in [0.5, 0.6) is 0 Å². The van der Waals surface area contributed by atoms with E-state index in [9.17, 15) is 0 Å². The Morgan fingerprint density at radius 3 is 2.68 bits per heavy atom. The van der Waals surface area contributed by atoms with Crippen LogP contribution in [0.2, 0.25) is 5.02 Å². The molecule has 0 bridgehead atoms. The number of halogens is 1. The smallest absolute Gasteiger partial charge is 0.0951 e. The van der Waals surface area contributed by atoms with Gasteiger partial charge in [-0.1, -0.05) is 43.6 Å². The molecule has 19 heavy (non-hydrogen) atoms. The van der Waals surface area contributed by atoms with E-state index in [-0.39, 0.29) is 0 Å². The van der Waals surface area contributed by atoms with Gasteiger partial charge in [0, 0.05) is 29.4 Å². The molecule has 4 heteroatoms. The Morgan fingerprint density at radius 2 is 2.05 bits per heavy atom. The molecule has 0 saturated heterocycles. The van der Waals surface area contributed by atoms with Crippen molar-refractivity contribution in [2.24, 2.45) is 11.7 Å². The summed E-state index contributed by atoms with van der Waals surface area (Å²) in [6.45, 7) is 5.73. The van der Waals surface area contributed by atoms with Crippen molar-refractivity contribution in [2.75, 3.05) is 6.54 Å². The van der Waals surface area contributed by atoms with Gasteiger partial charge in [0.05, 0.1) is 12.9 Å². The molecule has 0 aliphatic carbocycles. The first-order valence-corrected chi connectivity index (χ1v) is 6.94. The van der Waals surface area contributed by atoms with E-state index in [1.807, 2.05) is 36.8 Å². The van der Waals surface area contributed by atoms with Gasteiger partial charge in [-0.2, -0.15) is 0 Å². The van der Waals surface area contributed by atoms with Crippen molar-refractivity contribution in [2.45, 2.75) is 26.3 Å². The standard InChI is InChI=1S/C15H20ClN3/c1-11(2)13(7-17)15-8-18-10-19(15)9-12-5-3-4-6-14(12)16/h3-6,8,10-11,13H,7,9,17H2,1-2H3. The lowest BCUT2D eigenvalue weighted by atomic mass is 9.93. The molecule has 0 amide bonds. The number of rotatable bonds is 5. The molecule has 1 aromatic carbocycles. The summed E-state index contributed by atoms with van der Waals surface area (Å²) in [4.78, 5) is 4.26. The highest BCUT2D eigenvalue weighted by Gasteiger charge is 2.18. The van der Waals surface area contributed by atoms with E-state index < -0.39 is 0 Å². The van der Waals surface area contributed by atoms with Crippen molar-refractivity contribution < 1.29 is 0 Å². The highest BCUT2D eigenvalue weighted by molar-refractivity contribution is 6.31. The second-order valence-electron chi connectivity index (χ2n) is 5.12. The molecule has 1 unspecified atom stereocenters. The van der Waals surface area contributed by atoms with Crippen molar-refractivity contribution in [3.63, 3.8) is 0 Å². The maximum Gasteiger partial charge on any atom is 0.0951 e. The molecule has 0 radical (unpaired) electrons. The van der Waals surface area contributed by atoms with Crippen molar-refractivity contribution in [1.82, 2.24) is 9.55 Å². The van der Waals surface area contributed by atoms with E-state index in [1.165, 1.54) is 5.69 Å². The molecule has 1 atom stereocenters. The first kappa shape index (κ1) is 14.1. The summed E-state index contributed by atoms with van der Waals surface area (Å²) in [6.07, 6.45) is 3.76. The van der Waals surface area contributed by atoms with Gasteiger partial charge in [-0.15, -0.1) is 0 Å². The lowest BCUT2D eigenvalue weighted by Crippen LogP contribution is -2.21. The minimum Gasteiger partial charge on any atom is -0.330 e. The van der Waals surface area contributed by atoms with Gasteiger partial charge >= 0.3 is 0 Å². The lowest BCUT2D eigenvalue weighted by molar-refractivity contribution is 0.478. The molecule has 102 valence electrons. The second-order valence-corrected chi connectivity index (χ2v) is 5.53. The number of nitrogens with zero attached hydrogens (tertiary/aromatic N) is 2. The van der Waals surface area contributed by atoms with Crippen molar-refractivity contribution in [1.29, 1.82) is 0 Å². The van der Waals surface area contributed by atoms with Gasteiger partial charge in [-0.3, -0.25) is 0 Å². The third-order valence-corrected chi connectivity index (χ3v) is 3.85. The third-order valence-electron chi connectivity index (χ3n) is 3.48. The topological polar surface area (TPSA) is 43.8 Å². The molecule has 2 rings (SSSR count). The maximum atomic E-state index is 6.21. The van der Waals surface area contributed by atoms with Gasteiger partial charge in [0.2, 0.25) is 0 Å². The summed E-state index contributed by atoms with van der Waals surface area (Å²) in [5.74, 6) is 0.816. The first-order chi connectivity index (χ1) is 9.13. The molecule has 2 aromatic rings. The molecule has 3 nitrogen and oxygen atoms in total. The van der Waals surface area contributed by atoms with E-state index >= 15 is 0 Å². The van der Waals surface area contributed by atoms with E-state index in [0.717, 1.165) is 17.1 Å². The summed E-state index contributed by atoms with van der Waals surface area (Å²) in [5.41, 5.74) is 8.17. The highest BCUT2D eigenvalue weighted by atomic mass is 35.5. The van der Waals surface area contributed by atoms with E-state index in [1.54, 1.807) is 0 Å². The van der Waals surface area contributed by atoms with Gasteiger partial charge in [-0.25, -0.2) is 4.98 Å². The van der Waals surface area contributed by atoms with Gasteiger partial charge < -0.3 is 10.3 Å². The van der Waals surface area contributed by atoms with Crippen LogP contribution in [0.15, 0.2) is 36.8 Å². The Morgan fingerprint density at radius 1 is 1.32 bits per heavy atom. The number of imidazole rings is 1. The fraction of sp³-hybridized carbons (Fsp3) is 0.400. The van der Waals surface area contributed by atoms with Crippen molar-refractivity contribution >= 4 is 11.6 Å². The lowest BCUT2D eigenvalue weighted by Gasteiger charge is -2.21. The molecule has 0 aliphatic heterocycles. The highest BCUT2D eigenvalue weighted by Crippen LogP contribution is 2.24. The zero-order valence-corrected chi connectivity index (χ0v) is 12.1. The number of benzene rings is 1. The summed E-state index contributed by atoms with van der Waals surface area (Å²) in [6, 6.07) is 7.90. The van der Waals surface area contributed by atoms with Crippen LogP contribution in [0.3, 0.4) is 0 Å². The van der Waals surface area contributed by atoms with Crippen LogP contribution in [-0.4, -0.2) is 16.1 Å². The predicted molar refractivity (Wildman–Crippen MR) is 79.4 cm³/mol. The van der Waals surface area contributed by atoms with E-state index in [2.05, 4.69) is 23.4 Å². The zero-order chi connectivity index (χ0) is 13.8. The Hall–Kier alpha value is -1.32. The predicted octanol–water partition coefficient (Wildman–Crippen LogP) is 3.28. The SMILES string of the molecule is CC(C)C(CN)c1cncn1Cc1ccccc1Cl. The van der Waals surface area contributed by atoms with Gasteiger partial charge in [-0.05, 0) is 17.5 Å². The van der Waals surface area contributed by atoms with Crippen LogP contribution >= 0.6 is 11.6 Å². The van der Waals surface area contributed by atoms with Crippen LogP contribution in [0.4, 0.5) is 0 Å². The first-order valence-electron chi connectivity index (χ1n) is 6.57. The number of hydrogen-bond acceptors (Lipinski definition) is 2. The molecular weight excluding hydrogens is 258 g/mol. The quantitative estimate of drug-likeness (QED) is 0.911. The third kappa shape index (κ3) is 3.17. The zero-order valence-electron chi connectivity index (χ0n) is 11.4. The van der Waals surface area contributed by atoms with E-state index in [4.69, 9.17) is 17.3 Å². The minimum absolute atomic E-state index is 0.324. The Labute approximate surface area is 119 Å². The summed E-state index contributed by atoms with van der Waals surface area (Å²) < 4.78 is 2.14. The molecule has 1 aromatic heterocycles. The van der Waals surface area contributed by atoms with Gasteiger partial charge in [0.15, 0.2) is 0 Å². The Bertz CT molecular complexity index is 534. The molecule has 0 fully saturated rings. The van der Waals surface area contributed by atoms with Crippen LogP contribution in [0.25, 0.3) is 0 Å². The number of hydrogen-bond donors (Lipinski definition) is 1. The van der Waals surface area contributed by atoms with Crippen LogP contribution < -0.4 is 5.73 Å². The number of aromatic nitrogens is 2. The summed E-state index contributed by atoms with van der Waals surface area (Å²) >= 11 is 6.21. The molecule has 1 heterocycles. The largest absolute Gasteiger partial charge is 0.330 e. The van der Waals surface area contributed by atoms with Gasteiger partial charge in [0.1, 0.15) is 0 Å². The molecular formula is C15H20ClN3. The van der Waals surface area contributed by atoms with Crippen LogP contribution in [-0.2, 0) is 6.54 Å². The normalized spacial score (nSPS) is 12.9. The fourth-order valence-corrected chi connectivity index (χ4v) is 2.51. The summed E-state index contributed by atoms with van der Waals surface area (Å²) in [5, 5.41) is 0.788. The fourth-order valence-electron chi connectivity index (χ4n) is 2.32. The molecule has 0 saturated carbocycles. The van der Waals surface area contributed by atoms with Crippen LogP contribution in [0.1, 0.15) is 31.0 Å². The van der Waals surface area contributed by atoms with E-state index in [0.29, 0.717) is 18.4 Å².